The zero-order chi connectivity index (χ0) is 3.41. The fourth-order valence-corrected chi connectivity index (χ4v) is 0. The van der Waals surface area contributed by atoms with Gasteiger partial charge in [0.25, 0.3) is 0 Å². The molecule has 0 amide bonds. The summed E-state index contributed by atoms with van der Waals surface area (Å²) in [6.45, 7) is 0. The molecule has 0 aliphatic carbocycles. The van der Waals surface area contributed by atoms with Crippen molar-refractivity contribution >= 4 is 22.8 Å². The van der Waals surface area contributed by atoms with Crippen molar-refractivity contribution in [3.8, 4) is 0 Å². The van der Waals surface area contributed by atoms with E-state index in [1.54, 1.807) is 5.94 Å². The van der Waals surface area contributed by atoms with Crippen LogP contribution in [0.4, 0.5) is 0 Å². The second-order valence-corrected chi connectivity index (χ2v) is 0.984. The van der Waals surface area contributed by atoms with E-state index in [2.05, 4.69) is 0 Å². The van der Waals surface area contributed by atoms with Crippen LogP contribution in [0, 0.1) is 0 Å². The molecule has 0 N–H and O–H groups in total. The van der Waals surface area contributed by atoms with E-state index in [0.29, 0.717) is 0 Å². The van der Waals surface area contributed by atoms with Crippen molar-refractivity contribution in [2.75, 3.05) is 0 Å². The third-order valence-corrected chi connectivity index (χ3v) is 0.354. The molecule has 0 saturated carbocycles. The molecule has 0 fully saturated rings. The van der Waals surface area contributed by atoms with Crippen molar-refractivity contribution in [3.63, 3.8) is 0 Å². The average Bonchev–Trinajstić information content (AvgIpc) is 1.37. The predicted molar refractivity (Wildman–Crippen MR) is 18.8 cm³/mol. The van der Waals surface area contributed by atoms with Gasteiger partial charge in [0.05, 0.1) is 0 Å². The van der Waals surface area contributed by atoms with Crippen LogP contribution in [0.2, 0.25) is 0 Å². The van der Waals surface area contributed by atoms with Crippen LogP contribution in [0.15, 0.2) is 4.86 Å². The van der Waals surface area contributed by atoms with Crippen LogP contribution < -0.4 is 0 Å². The summed E-state index contributed by atoms with van der Waals surface area (Å²) in [4.78, 5) is 10.4. The van der Waals surface area contributed by atoms with Gasteiger partial charge in [0, 0.05) is 0 Å². The standard InChI is InChI=1S/C2H3AsO/c3-1-2-4/h1H,3H2. The van der Waals surface area contributed by atoms with E-state index in [4.69, 9.17) is 4.79 Å². The molecule has 0 rings (SSSR count). The summed E-state index contributed by atoms with van der Waals surface area (Å²) in [5.74, 6) is 1.58. The van der Waals surface area contributed by atoms with Crippen molar-refractivity contribution in [2.24, 2.45) is 0 Å². The van der Waals surface area contributed by atoms with Gasteiger partial charge in [0.1, 0.15) is 0 Å². The first-order valence-electron chi connectivity index (χ1n) is 0.826. The molecule has 4 heavy (non-hydrogen) atoms. The Balaban J connectivity index is 3.11. The Morgan fingerprint density at radius 1 is 2.00 bits per heavy atom. The third-order valence-electron chi connectivity index (χ3n) is 0.0680. The van der Waals surface area contributed by atoms with Crippen molar-refractivity contribution in [1.29, 1.82) is 0 Å². The van der Waals surface area contributed by atoms with Crippen molar-refractivity contribution in [2.45, 2.75) is 0 Å². The van der Waals surface area contributed by atoms with Gasteiger partial charge in [0.2, 0.25) is 0 Å². The molecule has 0 bridgehead atoms. The molecule has 0 heterocycles. The van der Waals surface area contributed by atoms with E-state index in [-0.39, 0.29) is 0 Å². The molecule has 0 radical (unpaired) electrons. The van der Waals surface area contributed by atoms with Gasteiger partial charge in [-0.1, -0.05) is 0 Å². The van der Waals surface area contributed by atoms with Crippen LogP contribution in [0.1, 0.15) is 0 Å². The molecule has 2 heteroatoms. The van der Waals surface area contributed by atoms with Gasteiger partial charge in [0.15, 0.2) is 0 Å². The number of carbonyl (C=O) groups excluding carboxylic acids is 1. The summed E-state index contributed by atoms with van der Waals surface area (Å²) in [6, 6.07) is 0. The van der Waals surface area contributed by atoms with E-state index >= 15 is 0 Å². The molecule has 1 unspecified atom stereocenters. The van der Waals surface area contributed by atoms with Crippen LogP contribution in [0.5, 0.6) is 0 Å². The maximum atomic E-state index is 9.01. The number of rotatable bonds is 0. The Morgan fingerprint density at radius 2 is 2.25 bits per heavy atom. The van der Waals surface area contributed by atoms with Crippen LogP contribution in [-0.4, -0.2) is 22.8 Å². The zero-order valence-electron chi connectivity index (χ0n) is 2.06. The topological polar surface area (TPSA) is 17.1 Å². The second kappa shape index (κ2) is 3.01. The molecule has 22 valence electrons. The fraction of sp³-hybridized carbons (Fsp3) is 0. The number of hydrogen-bond acceptors (Lipinski definition) is 1. The van der Waals surface area contributed by atoms with Crippen LogP contribution in [-0.2, 0) is 4.79 Å². The Morgan fingerprint density at radius 3 is 2.25 bits per heavy atom. The first-order chi connectivity index (χ1) is 1.91. The molecular formula is C2H3AsO. The van der Waals surface area contributed by atoms with Gasteiger partial charge in [-0.15, -0.1) is 0 Å². The molecule has 0 aromatic heterocycles. The Hall–Kier alpha value is 0.00844. The Labute approximate surface area is 33.2 Å². The summed E-state index contributed by atoms with van der Waals surface area (Å²) < 4.78 is 0. The van der Waals surface area contributed by atoms with Gasteiger partial charge in [-0.05, 0) is 0 Å². The minimum absolute atomic E-state index is 1.28. The van der Waals surface area contributed by atoms with E-state index < -0.39 is 0 Å². The van der Waals surface area contributed by atoms with Gasteiger partial charge in [-0.2, -0.15) is 0 Å². The third kappa shape index (κ3) is 2.01. The molecule has 0 aliphatic rings. The number of hydrogen-bond donors (Lipinski definition) is 0. The maximum absolute atomic E-state index is 9.01. The first-order valence-corrected chi connectivity index (χ1v) is 2.22. The second-order valence-electron chi connectivity index (χ2n) is 0.285. The summed E-state index contributed by atoms with van der Waals surface area (Å²) in [6.07, 6.45) is 0. The van der Waals surface area contributed by atoms with Crippen LogP contribution in [0.25, 0.3) is 0 Å². The first kappa shape index (κ1) is 4.01. The summed E-state index contributed by atoms with van der Waals surface area (Å²) >= 11 is 1.28. The van der Waals surface area contributed by atoms with Gasteiger partial charge >= 0.3 is 32.5 Å². The Kier molecular flexibility index (Phi) is 3.01. The summed E-state index contributed by atoms with van der Waals surface area (Å²) in [5.41, 5.74) is 0. The van der Waals surface area contributed by atoms with E-state index in [1.807, 2.05) is 0 Å². The summed E-state index contributed by atoms with van der Waals surface area (Å²) in [7, 11) is 0. The van der Waals surface area contributed by atoms with Crippen molar-refractivity contribution in [1.82, 2.24) is 0 Å². The van der Waals surface area contributed by atoms with E-state index in [1.165, 1.54) is 21.7 Å². The zero-order valence-corrected chi connectivity index (χ0v) is 4.49. The predicted octanol–water partition coefficient (Wildman–Crippen LogP) is -1.04. The van der Waals surface area contributed by atoms with Gasteiger partial charge in [-0.25, -0.2) is 0 Å². The van der Waals surface area contributed by atoms with Crippen molar-refractivity contribution < 1.29 is 4.79 Å². The van der Waals surface area contributed by atoms with Crippen LogP contribution in [0.3, 0.4) is 0 Å². The molecule has 1 atom stereocenters. The molecule has 0 aliphatic heterocycles. The Bertz CT molecular complexity index is 44.0. The minimum atomic E-state index is 1.28. The monoisotopic (exact) mass is 118 g/mol. The molecule has 0 aromatic carbocycles. The van der Waals surface area contributed by atoms with E-state index in [0.717, 1.165) is 0 Å². The quantitative estimate of drug-likeness (QED) is 0.293. The average molecular weight is 118 g/mol. The van der Waals surface area contributed by atoms with Crippen molar-refractivity contribution in [3.05, 3.63) is 4.86 Å². The summed E-state index contributed by atoms with van der Waals surface area (Å²) in [5, 5.41) is 0. The molecule has 0 aromatic rings. The van der Waals surface area contributed by atoms with Gasteiger partial charge in [-0.3, -0.25) is 0 Å². The van der Waals surface area contributed by atoms with Gasteiger partial charge < -0.3 is 0 Å². The fourth-order valence-electron chi connectivity index (χ4n) is 0. The molecule has 1 nitrogen and oxygen atoms in total. The van der Waals surface area contributed by atoms with Crippen LogP contribution >= 0.6 is 0 Å². The normalized spacial score (nSPS) is 4.25. The van der Waals surface area contributed by atoms with E-state index in [9.17, 15) is 0 Å². The molecule has 0 saturated heterocycles. The molecule has 0 spiro atoms. The molecular weight excluding hydrogens is 115 g/mol. The SMILES string of the molecule is O=C=C[AsH2].